The number of benzene rings is 2. The third-order valence-electron chi connectivity index (χ3n) is 7.69. The van der Waals surface area contributed by atoms with Crippen LogP contribution in [-0.4, -0.2) is 51.4 Å². The van der Waals surface area contributed by atoms with E-state index in [1.807, 2.05) is 18.2 Å². The van der Waals surface area contributed by atoms with E-state index < -0.39 is 16.1 Å². The number of pyridine rings is 1. The normalized spacial score (nSPS) is 14.0. The van der Waals surface area contributed by atoms with Crippen molar-refractivity contribution in [2.45, 2.75) is 62.5 Å². The zero-order chi connectivity index (χ0) is 29.4. The number of aryl methyl sites for hydroxylation is 1. The van der Waals surface area contributed by atoms with E-state index in [0.29, 0.717) is 31.0 Å². The molecular formula is C30H39Cl2N7O4S. The van der Waals surface area contributed by atoms with Crippen molar-refractivity contribution in [3.05, 3.63) is 94.7 Å². The highest BCUT2D eigenvalue weighted by molar-refractivity contribution is 7.92. The van der Waals surface area contributed by atoms with Crippen LogP contribution in [0.4, 0.5) is 5.69 Å². The zero-order valence-corrected chi connectivity index (χ0v) is 26.7. The second-order valence-corrected chi connectivity index (χ2v) is 12.4. The number of rotatable bonds is 14. The van der Waals surface area contributed by atoms with Crippen LogP contribution < -0.4 is 15.7 Å². The monoisotopic (exact) mass is 663 g/mol. The van der Waals surface area contributed by atoms with Crippen molar-refractivity contribution in [3.8, 4) is 5.69 Å². The van der Waals surface area contributed by atoms with Gasteiger partial charge in [-0.05, 0) is 90.2 Å². The molecule has 0 bridgehead atoms. The molecular weight excluding hydrogens is 625 g/mol. The highest BCUT2D eigenvalue weighted by atomic mass is 35.5. The minimum absolute atomic E-state index is 0. The van der Waals surface area contributed by atoms with Gasteiger partial charge in [0, 0.05) is 36.7 Å². The summed E-state index contributed by atoms with van der Waals surface area (Å²) >= 11 is 0. The van der Waals surface area contributed by atoms with Crippen molar-refractivity contribution < 1.29 is 13.5 Å². The van der Waals surface area contributed by atoms with Crippen molar-refractivity contribution in [3.63, 3.8) is 0 Å². The van der Waals surface area contributed by atoms with Gasteiger partial charge in [0.15, 0.2) is 0 Å². The standard InChI is InChI=1S/C30H37N7O4S.2ClH/c38-29(25-8-3-18-31-21-25)22-32-19-17-24-9-11-26(12-10-24)33-42(40,41)28-15-13-27(14-16-28)37-30(39)36(34-35-37)20-4-7-23-5-1-2-6-23;;/h3,8-16,18,21,23,29,32-33,38H,1-2,4-7,17,19-20,22H2;2*1H. The molecule has 1 unspecified atom stereocenters. The maximum atomic E-state index is 13.0. The van der Waals surface area contributed by atoms with Crippen LogP contribution in [0.2, 0.25) is 0 Å². The van der Waals surface area contributed by atoms with Crippen molar-refractivity contribution in [2.24, 2.45) is 5.92 Å². The van der Waals surface area contributed by atoms with E-state index in [1.165, 1.54) is 47.2 Å². The van der Waals surface area contributed by atoms with Gasteiger partial charge in [-0.3, -0.25) is 9.71 Å². The Hall–Kier alpha value is -3.29. The number of aromatic nitrogens is 5. The number of halogens is 2. The second-order valence-electron chi connectivity index (χ2n) is 10.7. The van der Waals surface area contributed by atoms with Crippen LogP contribution in [0, 0.1) is 5.92 Å². The van der Waals surface area contributed by atoms with Gasteiger partial charge in [0.2, 0.25) is 0 Å². The molecule has 4 aromatic rings. The summed E-state index contributed by atoms with van der Waals surface area (Å²) in [6.45, 7) is 1.60. The first-order valence-corrected chi connectivity index (χ1v) is 15.9. The average molecular weight is 665 g/mol. The molecule has 44 heavy (non-hydrogen) atoms. The van der Waals surface area contributed by atoms with E-state index in [-0.39, 0.29) is 35.4 Å². The Morgan fingerprint density at radius 3 is 2.39 bits per heavy atom. The van der Waals surface area contributed by atoms with Crippen LogP contribution in [0.25, 0.3) is 5.69 Å². The van der Waals surface area contributed by atoms with Crippen LogP contribution in [0.1, 0.15) is 55.8 Å². The number of tetrazole rings is 1. The number of aliphatic hydroxyl groups is 1. The predicted octanol–water partition coefficient (Wildman–Crippen LogP) is 4.30. The number of nitrogens with one attached hydrogen (secondary N) is 2. The molecule has 14 heteroatoms. The Bertz CT molecular complexity index is 1590. The highest BCUT2D eigenvalue weighted by Crippen LogP contribution is 2.28. The van der Waals surface area contributed by atoms with Crippen LogP contribution >= 0.6 is 24.8 Å². The molecule has 0 spiro atoms. The lowest BCUT2D eigenvalue weighted by atomic mass is 10.0. The number of hydrogen-bond donors (Lipinski definition) is 3. The van der Waals surface area contributed by atoms with Crippen LogP contribution in [0.5, 0.6) is 0 Å². The Morgan fingerprint density at radius 1 is 0.977 bits per heavy atom. The summed E-state index contributed by atoms with van der Waals surface area (Å²) in [5, 5.41) is 21.4. The fraction of sp³-hybridized carbons (Fsp3) is 0.400. The molecule has 1 atom stereocenters. The van der Waals surface area contributed by atoms with E-state index in [9.17, 15) is 18.3 Å². The molecule has 0 saturated heterocycles. The van der Waals surface area contributed by atoms with E-state index in [1.54, 1.807) is 42.7 Å². The summed E-state index contributed by atoms with van der Waals surface area (Å²) in [6.07, 6.45) is 10.5. The van der Waals surface area contributed by atoms with Gasteiger partial charge in [0.05, 0.1) is 16.7 Å². The molecule has 1 saturated carbocycles. The molecule has 2 aromatic heterocycles. The predicted molar refractivity (Wildman–Crippen MR) is 174 cm³/mol. The minimum atomic E-state index is -3.83. The molecule has 0 aliphatic heterocycles. The third kappa shape index (κ3) is 9.35. The third-order valence-corrected chi connectivity index (χ3v) is 9.09. The molecule has 0 radical (unpaired) electrons. The SMILES string of the molecule is Cl.Cl.O=c1n(CCCC2CCCC2)nnn1-c1ccc(S(=O)(=O)Nc2ccc(CCNCC(O)c3cccnc3)cc2)cc1. The Labute approximate surface area is 270 Å². The summed E-state index contributed by atoms with van der Waals surface area (Å²) in [5.41, 5.74) is 2.35. The lowest BCUT2D eigenvalue weighted by Gasteiger charge is -2.12. The smallest absolute Gasteiger partial charge is 0.368 e. The fourth-order valence-electron chi connectivity index (χ4n) is 5.29. The Balaban J connectivity index is 0.00000264. The van der Waals surface area contributed by atoms with Crippen molar-refractivity contribution in [1.82, 2.24) is 30.1 Å². The van der Waals surface area contributed by atoms with Gasteiger partial charge in [-0.15, -0.1) is 24.8 Å². The van der Waals surface area contributed by atoms with Gasteiger partial charge in [-0.1, -0.05) is 43.9 Å². The fourth-order valence-corrected chi connectivity index (χ4v) is 6.35. The summed E-state index contributed by atoms with van der Waals surface area (Å²) in [4.78, 5) is 16.9. The molecule has 11 nitrogen and oxygen atoms in total. The van der Waals surface area contributed by atoms with Crippen LogP contribution in [0.15, 0.2) is 82.7 Å². The van der Waals surface area contributed by atoms with Crippen LogP contribution in [-0.2, 0) is 23.0 Å². The molecule has 1 aliphatic carbocycles. The average Bonchev–Trinajstić information content (AvgIpc) is 3.66. The maximum Gasteiger partial charge on any atom is 0.368 e. The minimum Gasteiger partial charge on any atom is -0.387 e. The lowest BCUT2D eigenvalue weighted by Crippen LogP contribution is -2.24. The molecule has 2 heterocycles. The van der Waals surface area contributed by atoms with Gasteiger partial charge >= 0.3 is 5.69 Å². The highest BCUT2D eigenvalue weighted by Gasteiger charge is 2.17. The molecule has 238 valence electrons. The molecule has 3 N–H and O–H groups in total. The Kier molecular flexibility index (Phi) is 13.3. The van der Waals surface area contributed by atoms with Crippen molar-refractivity contribution in [2.75, 3.05) is 17.8 Å². The number of nitrogens with zero attached hydrogens (tertiary/aromatic N) is 5. The summed E-state index contributed by atoms with van der Waals surface area (Å²) in [5.74, 6) is 0.753. The summed E-state index contributed by atoms with van der Waals surface area (Å²) in [6, 6.07) is 16.8. The van der Waals surface area contributed by atoms with Gasteiger partial charge in [0.25, 0.3) is 10.0 Å². The second kappa shape index (κ2) is 16.7. The first kappa shape index (κ1) is 35.2. The van der Waals surface area contributed by atoms with Gasteiger partial charge in [-0.2, -0.15) is 9.36 Å². The van der Waals surface area contributed by atoms with E-state index in [2.05, 4.69) is 25.4 Å². The largest absolute Gasteiger partial charge is 0.387 e. The number of sulfonamides is 1. The summed E-state index contributed by atoms with van der Waals surface area (Å²) < 4.78 is 31.1. The first-order valence-electron chi connectivity index (χ1n) is 14.4. The number of aliphatic hydroxyl groups excluding tert-OH is 1. The van der Waals surface area contributed by atoms with Crippen LogP contribution in [0.3, 0.4) is 0 Å². The summed E-state index contributed by atoms with van der Waals surface area (Å²) in [7, 11) is -3.83. The first-order chi connectivity index (χ1) is 20.4. The van der Waals surface area contributed by atoms with Gasteiger partial charge in [0.1, 0.15) is 0 Å². The van der Waals surface area contributed by atoms with E-state index >= 15 is 0 Å². The van der Waals surface area contributed by atoms with Gasteiger partial charge in [-0.25, -0.2) is 13.2 Å². The molecule has 2 aromatic carbocycles. The molecule has 5 rings (SSSR count). The Morgan fingerprint density at radius 2 is 1.70 bits per heavy atom. The van der Waals surface area contributed by atoms with E-state index in [0.717, 1.165) is 36.3 Å². The molecule has 0 amide bonds. The zero-order valence-electron chi connectivity index (χ0n) is 24.3. The molecule has 1 aliphatic rings. The van der Waals surface area contributed by atoms with Crippen molar-refractivity contribution >= 4 is 40.5 Å². The molecule has 1 fully saturated rings. The maximum absolute atomic E-state index is 13.0. The van der Waals surface area contributed by atoms with E-state index in [4.69, 9.17) is 0 Å². The van der Waals surface area contributed by atoms with Crippen molar-refractivity contribution in [1.29, 1.82) is 0 Å². The van der Waals surface area contributed by atoms with Gasteiger partial charge < -0.3 is 10.4 Å². The lowest BCUT2D eigenvalue weighted by molar-refractivity contribution is 0.174. The topological polar surface area (TPSA) is 144 Å². The quantitative estimate of drug-likeness (QED) is 0.169. The number of hydrogen-bond acceptors (Lipinski definition) is 8. The number of anilines is 1.